The van der Waals surface area contributed by atoms with Gasteiger partial charge in [-0.15, -0.1) is 0 Å². The number of benzene rings is 2. The van der Waals surface area contributed by atoms with Crippen molar-refractivity contribution in [3.63, 3.8) is 0 Å². The number of sulfonamides is 1. The molecule has 27 heavy (non-hydrogen) atoms. The second kappa shape index (κ2) is 7.78. The SMILES string of the molecule is C[C@@H](CNC(=O)[C@H]1CN(S(C)(=O)=O)c2cc(Cl)ccc2O1)c1ccccc1. The van der Waals surface area contributed by atoms with Gasteiger partial charge in [-0.05, 0) is 29.7 Å². The van der Waals surface area contributed by atoms with E-state index >= 15 is 0 Å². The number of fused-ring (bicyclic) bond motifs is 1. The molecule has 1 aliphatic heterocycles. The lowest BCUT2D eigenvalue weighted by molar-refractivity contribution is -0.127. The smallest absolute Gasteiger partial charge is 0.263 e. The van der Waals surface area contributed by atoms with E-state index in [1.807, 2.05) is 37.3 Å². The van der Waals surface area contributed by atoms with Crippen molar-refractivity contribution in [2.24, 2.45) is 0 Å². The number of anilines is 1. The number of nitrogens with zero attached hydrogens (tertiary/aromatic N) is 1. The first-order valence-electron chi connectivity index (χ1n) is 8.52. The number of hydrogen-bond acceptors (Lipinski definition) is 4. The van der Waals surface area contributed by atoms with Crippen molar-refractivity contribution in [1.82, 2.24) is 5.32 Å². The fourth-order valence-corrected chi connectivity index (χ4v) is 4.01. The molecular weight excluding hydrogens is 388 g/mol. The van der Waals surface area contributed by atoms with Crippen molar-refractivity contribution >= 4 is 33.2 Å². The van der Waals surface area contributed by atoms with Gasteiger partial charge in [0, 0.05) is 11.6 Å². The molecule has 0 aliphatic carbocycles. The first kappa shape index (κ1) is 19.5. The summed E-state index contributed by atoms with van der Waals surface area (Å²) in [5, 5.41) is 3.25. The highest BCUT2D eigenvalue weighted by Gasteiger charge is 2.35. The normalized spacial score (nSPS) is 17.6. The van der Waals surface area contributed by atoms with Crippen LogP contribution in [0, 0.1) is 0 Å². The minimum Gasteiger partial charge on any atom is -0.476 e. The Bertz CT molecular complexity index is 934. The molecule has 0 fully saturated rings. The van der Waals surface area contributed by atoms with Crippen LogP contribution in [0.4, 0.5) is 5.69 Å². The summed E-state index contributed by atoms with van der Waals surface area (Å²) >= 11 is 5.98. The van der Waals surface area contributed by atoms with Gasteiger partial charge in [0.1, 0.15) is 5.75 Å². The van der Waals surface area contributed by atoms with E-state index in [1.54, 1.807) is 12.1 Å². The van der Waals surface area contributed by atoms with Gasteiger partial charge in [-0.25, -0.2) is 8.42 Å². The van der Waals surface area contributed by atoms with E-state index in [-0.39, 0.29) is 18.4 Å². The molecule has 8 heteroatoms. The first-order valence-corrected chi connectivity index (χ1v) is 10.7. The van der Waals surface area contributed by atoms with Crippen LogP contribution in [0.2, 0.25) is 5.02 Å². The van der Waals surface area contributed by atoms with Gasteiger partial charge in [0.05, 0.1) is 18.5 Å². The van der Waals surface area contributed by atoms with Crippen LogP contribution in [0.1, 0.15) is 18.4 Å². The van der Waals surface area contributed by atoms with Gasteiger partial charge in [0.2, 0.25) is 10.0 Å². The lowest BCUT2D eigenvalue weighted by Gasteiger charge is -2.34. The third kappa shape index (κ3) is 4.54. The summed E-state index contributed by atoms with van der Waals surface area (Å²) in [5.41, 5.74) is 1.45. The zero-order chi connectivity index (χ0) is 19.6. The molecular formula is C19H21ClN2O4S. The van der Waals surface area contributed by atoms with Crippen LogP contribution in [-0.2, 0) is 14.8 Å². The minimum absolute atomic E-state index is 0.0995. The number of hydrogen-bond donors (Lipinski definition) is 1. The van der Waals surface area contributed by atoms with Crippen LogP contribution in [0.3, 0.4) is 0 Å². The predicted molar refractivity (Wildman–Crippen MR) is 106 cm³/mol. The molecule has 0 saturated heterocycles. The van der Waals surface area contributed by atoms with Crippen molar-refractivity contribution < 1.29 is 17.9 Å². The number of amides is 1. The maximum Gasteiger partial charge on any atom is 0.263 e. The Labute approximate surface area is 164 Å². The summed E-state index contributed by atoms with van der Waals surface area (Å²) in [7, 11) is -3.58. The van der Waals surface area contributed by atoms with E-state index in [0.29, 0.717) is 23.0 Å². The summed E-state index contributed by atoms with van der Waals surface area (Å²) in [5.74, 6) is 0.0789. The van der Waals surface area contributed by atoms with E-state index in [1.165, 1.54) is 6.07 Å². The van der Waals surface area contributed by atoms with Gasteiger partial charge in [0.25, 0.3) is 5.91 Å². The van der Waals surface area contributed by atoms with E-state index in [0.717, 1.165) is 16.1 Å². The molecule has 2 aromatic rings. The number of nitrogens with one attached hydrogen (secondary N) is 1. The number of carbonyl (C=O) groups is 1. The van der Waals surface area contributed by atoms with Crippen LogP contribution < -0.4 is 14.4 Å². The molecule has 1 N–H and O–H groups in total. The number of ether oxygens (including phenoxy) is 1. The average Bonchev–Trinajstić information content (AvgIpc) is 2.64. The van der Waals surface area contributed by atoms with Crippen molar-refractivity contribution in [2.75, 3.05) is 23.7 Å². The van der Waals surface area contributed by atoms with Crippen LogP contribution >= 0.6 is 11.6 Å². The lowest BCUT2D eigenvalue weighted by Crippen LogP contribution is -2.50. The first-order chi connectivity index (χ1) is 12.8. The van der Waals surface area contributed by atoms with E-state index < -0.39 is 16.1 Å². The predicted octanol–water partition coefficient (Wildman–Crippen LogP) is 2.79. The third-order valence-corrected chi connectivity index (χ3v) is 5.82. The molecule has 0 spiro atoms. The Morgan fingerprint density at radius 2 is 2.00 bits per heavy atom. The van der Waals surface area contributed by atoms with Crippen molar-refractivity contribution in [3.8, 4) is 5.75 Å². The molecule has 0 radical (unpaired) electrons. The van der Waals surface area contributed by atoms with Gasteiger partial charge >= 0.3 is 0 Å². The molecule has 6 nitrogen and oxygen atoms in total. The largest absolute Gasteiger partial charge is 0.476 e. The molecule has 0 bridgehead atoms. The fraction of sp³-hybridized carbons (Fsp3) is 0.316. The summed E-state index contributed by atoms with van der Waals surface area (Å²) in [6.07, 6.45) is 0.159. The zero-order valence-corrected chi connectivity index (χ0v) is 16.6. The molecule has 1 amide bonds. The number of carbonyl (C=O) groups excluding carboxylic acids is 1. The van der Waals surface area contributed by atoms with Crippen LogP contribution in [0.5, 0.6) is 5.75 Å². The molecule has 0 unspecified atom stereocenters. The summed E-state index contributed by atoms with van der Waals surface area (Å²) in [6.45, 7) is 2.34. The standard InChI is InChI=1S/C19H21ClN2O4S/c1-13(14-6-4-3-5-7-14)11-21-19(23)18-12-22(27(2,24)25)16-10-15(20)8-9-17(16)26-18/h3-10,13,18H,11-12H2,1-2H3,(H,21,23)/t13-,18+/m0/s1. The molecule has 1 heterocycles. The van der Waals surface area contributed by atoms with Crippen molar-refractivity contribution in [3.05, 3.63) is 59.1 Å². The van der Waals surface area contributed by atoms with E-state index in [4.69, 9.17) is 16.3 Å². The molecule has 3 rings (SSSR count). The van der Waals surface area contributed by atoms with Gasteiger partial charge < -0.3 is 10.1 Å². The van der Waals surface area contributed by atoms with Gasteiger partial charge in [-0.1, -0.05) is 48.9 Å². The second-order valence-corrected chi connectivity index (χ2v) is 8.91. The maximum absolute atomic E-state index is 12.6. The number of halogens is 1. The Morgan fingerprint density at radius 3 is 2.67 bits per heavy atom. The molecule has 144 valence electrons. The highest BCUT2D eigenvalue weighted by molar-refractivity contribution is 7.92. The molecule has 1 aliphatic rings. The topological polar surface area (TPSA) is 75.7 Å². The molecule has 2 aromatic carbocycles. The highest BCUT2D eigenvalue weighted by atomic mass is 35.5. The van der Waals surface area contributed by atoms with Crippen molar-refractivity contribution in [1.29, 1.82) is 0 Å². The molecule has 0 saturated carbocycles. The van der Waals surface area contributed by atoms with E-state index in [9.17, 15) is 13.2 Å². The van der Waals surface area contributed by atoms with Crippen LogP contribution in [0.25, 0.3) is 0 Å². The summed E-state index contributed by atoms with van der Waals surface area (Å²) in [4.78, 5) is 12.6. The Hall–Kier alpha value is -2.25. The third-order valence-electron chi connectivity index (χ3n) is 4.43. The van der Waals surface area contributed by atoms with Crippen LogP contribution in [-0.4, -0.2) is 39.8 Å². The van der Waals surface area contributed by atoms with Gasteiger partial charge in [-0.2, -0.15) is 0 Å². The Kier molecular flexibility index (Phi) is 5.62. The zero-order valence-electron chi connectivity index (χ0n) is 15.1. The summed E-state index contributed by atoms with van der Waals surface area (Å²) < 4.78 is 31.2. The summed E-state index contributed by atoms with van der Waals surface area (Å²) in [6, 6.07) is 14.5. The monoisotopic (exact) mass is 408 g/mol. The highest BCUT2D eigenvalue weighted by Crippen LogP contribution is 2.37. The van der Waals surface area contributed by atoms with E-state index in [2.05, 4.69) is 5.32 Å². The maximum atomic E-state index is 12.6. The van der Waals surface area contributed by atoms with Crippen LogP contribution in [0.15, 0.2) is 48.5 Å². The van der Waals surface area contributed by atoms with Gasteiger partial charge in [0.15, 0.2) is 6.10 Å². The second-order valence-electron chi connectivity index (χ2n) is 6.57. The lowest BCUT2D eigenvalue weighted by atomic mass is 10.0. The fourth-order valence-electron chi connectivity index (χ4n) is 2.94. The molecule has 2 atom stereocenters. The minimum atomic E-state index is -3.58. The van der Waals surface area contributed by atoms with Crippen molar-refractivity contribution in [2.45, 2.75) is 18.9 Å². The average molecular weight is 409 g/mol. The Morgan fingerprint density at radius 1 is 1.30 bits per heavy atom. The quantitative estimate of drug-likeness (QED) is 0.825. The molecule has 0 aromatic heterocycles. The number of rotatable bonds is 5. The van der Waals surface area contributed by atoms with Gasteiger partial charge in [-0.3, -0.25) is 9.10 Å². The Balaban J connectivity index is 1.73.